The lowest BCUT2D eigenvalue weighted by Crippen LogP contribution is -2.38. The second-order valence-corrected chi connectivity index (χ2v) is 7.06. The maximum absolute atomic E-state index is 12.3. The summed E-state index contributed by atoms with van der Waals surface area (Å²) in [5, 5.41) is 2.68. The molecule has 2 amide bonds. The van der Waals surface area contributed by atoms with Gasteiger partial charge in [-0.2, -0.15) is 0 Å². The summed E-state index contributed by atoms with van der Waals surface area (Å²) in [4.78, 5) is 25.9. The van der Waals surface area contributed by atoms with Gasteiger partial charge in [0.1, 0.15) is 11.4 Å². The summed E-state index contributed by atoms with van der Waals surface area (Å²) >= 11 is 0. The summed E-state index contributed by atoms with van der Waals surface area (Å²) in [6.07, 6.45) is -0.537. The van der Waals surface area contributed by atoms with Crippen molar-refractivity contribution >= 4 is 23.4 Å². The Labute approximate surface area is 152 Å². The van der Waals surface area contributed by atoms with Crippen molar-refractivity contribution in [1.82, 2.24) is 0 Å². The SMILES string of the molecule is CC(C)(C)OC(=O)Nc1ccc2c(c1)OCC(=O)N2Cc1ccccc1. The number of hydrogen-bond acceptors (Lipinski definition) is 4. The minimum absolute atomic E-state index is 0.0320. The van der Waals surface area contributed by atoms with Crippen molar-refractivity contribution in [1.29, 1.82) is 0 Å². The van der Waals surface area contributed by atoms with Crippen LogP contribution in [0.25, 0.3) is 0 Å². The Bertz CT molecular complexity index is 812. The minimum atomic E-state index is -0.576. The van der Waals surface area contributed by atoms with Gasteiger partial charge in [-0.3, -0.25) is 10.1 Å². The van der Waals surface area contributed by atoms with E-state index in [1.54, 1.807) is 43.9 Å². The summed E-state index contributed by atoms with van der Waals surface area (Å²) < 4.78 is 10.8. The third-order valence-electron chi connectivity index (χ3n) is 3.73. The first-order valence-corrected chi connectivity index (χ1v) is 8.43. The van der Waals surface area contributed by atoms with Crippen molar-refractivity contribution in [2.45, 2.75) is 32.9 Å². The van der Waals surface area contributed by atoms with Crippen LogP contribution < -0.4 is 15.0 Å². The largest absolute Gasteiger partial charge is 0.481 e. The van der Waals surface area contributed by atoms with Gasteiger partial charge in [0.2, 0.25) is 0 Å². The number of fused-ring (bicyclic) bond motifs is 1. The van der Waals surface area contributed by atoms with E-state index in [0.717, 1.165) is 5.56 Å². The summed E-state index contributed by atoms with van der Waals surface area (Å²) in [6.45, 7) is 5.84. The lowest BCUT2D eigenvalue weighted by atomic mass is 10.1. The Morgan fingerprint density at radius 2 is 1.92 bits per heavy atom. The molecule has 0 spiro atoms. The van der Waals surface area contributed by atoms with Crippen LogP contribution in [0.2, 0.25) is 0 Å². The lowest BCUT2D eigenvalue weighted by molar-refractivity contribution is -0.121. The number of ether oxygens (including phenoxy) is 2. The molecule has 0 atom stereocenters. The van der Waals surface area contributed by atoms with Crippen LogP contribution in [0.3, 0.4) is 0 Å². The van der Waals surface area contributed by atoms with Crippen LogP contribution in [0.5, 0.6) is 5.75 Å². The Morgan fingerprint density at radius 3 is 2.62 bits per heavy atom. The van der Waals surface area contributed by atoms with E-state index in [-0.39, 0.29) is 12.5 Å². The lowest BCUT2D eigenvalue weighted by Gasteiger charge is -2.30. The number of nitrogens with zero attached hydrogens (tertiary/aromatic N) is 1. The van der Waals surface area contributed by atoms with Gasteiger partial charge in [-0.1, -0.05) is 30.3 Å². The molecule has 0 unspecified atom stereocenters. The Hall–Kier alpha value is -3.02. The van der Waals surface area contributed by atoms with Crippen LogP contribution in [-0.2, 0) is 16.1 Å². The molecule has 136 valence electrons. The van der Waals surface area contributed by atoms with E-state index in [9.17, 15) is 9.59 Å². The molecule has 3 rings (SSSR count). The average molecular weight is 354 g/mol. The molecule has 2 aromatic rings. The van der Waals surface area contributed by atoms with Gasteiger partial charge in [-0.05, 0) is 38.5 Å². The first-order chi connectivity index (χ1) is 12.3. The normalized spacial score (nSPS) is 13.7. The third-order valence-corrected chi connectivity index (χ3v) is 3.73. The van der Waals surface area contributed by atoms with Crippen LogP contribution in [0.4, 0.5) is 16.2 Å². The zero-order valence-electron chi connectivity index (χ0n) is 15.1. The van der Waals surface area contributed by atoms with Crippen molar-refractivity contribution in [3.05, 3.63) is 54.1 Å². The van der Waals surface area contributed by atoms with E-state index < -0.39 is 11.7 Å². The van der Waals surface area contributed by atoms with Gasteiger partial charge in [0.25, 0.3) is 5.91 Å². The molecule has 0 saturated carbocycles. The van der Waals surface area contributed by atoms with Gasteiger partial charge in [-0.25, -0.2) is 4.79 Å². The Kier molecular flexibility index (Phi) is 4.84. The van der Waals surface area contributed by atoms with E-state index in [0.29, 0.717) is 23.7 Å². The number of carbonyl (C=O) groups is 2. The first kappa shape index (κ1) is 17.8. The maximum Gasteiger partial charge on any atom is 0.412 e. The molecule has 1 aliphatic heterocycles. The molecule has 26 heavy (non-hydrogen) atoms. The van der Waals surface area contributed by atoms with Crippen LogP contribution >= 0.6 is 0 Å². The molecular weight excluding hydrogens is 332 g/mol. The smallest absolute Gasteiger partial charge is 0.412 e. The molecule has 0 saturated heterocycles. The number of amides is 2. The first-order valence-electron chi connectivity index (χ1n) is 8.43. The van der Waals surface area contributed by atoms with Gasteiger partial charge in [0.15, 0.2) is 6.61 Å². The topological polar surface area (TPSA) is 67.9 Å². The highest BCUT2D eigenvalue weighted by molar-refractivity contribution is 5.98. The number of anilines is 2. The van der Waals surface area contributed by atoms with Gasteiger partial charge < -0.3 is 14.4 Å². The number of benzene rings is 2. The fourth-order valence-corrected chi connectivity index (χ4v) is 2.64. The van der Waals surface area contributed by atoms with E-state index in [4.69, 9.17) is 9.47 Å². The molecule has 0 bridgehead atoms. The molecule has 0 aliphatic carbocycles. The molecule has 0 aromatic heterocycles. The number of hydrogen-bond donors (Lipinski definition) is 1. The number of nitrogens with one attached hydrogen (secondary N) is 1. The van der Waals surface area contributed by atoms with E-state index in [1.807, 2.05) is 30.3 Å². The Balaban J connectivity index is 1.78. The quantitative estimate of drug-likeness (QED) is 0.906. The van der Waals surface area contributed by atoms with Crippen molar-refractivity contribution in [2.24, 2.45) is 0 Å². The highest BCUT2D eigenvalue weighted by Gasteiger charge is 2.26. The highest BCUT2D eigenvalue weighted by atomic mass is 16.6. The molecule has 1 N–H and O–H groups in total. The van der Waals surface area contributed by atoms with Gasteiger partial charge in [0, 0.05) is 11.8 Å². The molecule has 1 heterocycles. The molecule has 1 aliphatic rings. The fraction of sp³-hybridized carbons (Fsp3) is 0.300. The second-order valence-electron chi connectivity index (χ2n) is 7.06. The van der Waals surface area contributed by atoms with Crippen molar-refractivity contribution < 1.29 is 19.1 Å². The third kappa shape index (κ3) is 4.33. The molecular formula is C20H22N2O4. The number of carbonyl (C=O) groups excluding carboxylic acids is 2. The summed E-state index contributed by atoms with van der Waals surface area (Å²) in [6, 6.07) is 15.0. The van der Waals surface area contributed by atoms with Crippen molar-refractivity contribution in [3.8, 4) is 5.75 Å². The summed E-state index contributed by atoms with van der Waals surface area (Å²) in [7, 11) is 0. The fourth-order valence-electron chi connectivity index (χ4n) is 2.64. The number of rotatable bonds is 3. The standard InChI is InChI=1S/C20H22N2O4/c1-20(2,3)26-19(24)21-15-9-10-16-17(11-15)25-13-18(23)22(16)12-14-7-5-4-6-8-14/h4-11H,12-13H2,1-3H3,(H,21,24). The van der Waals surface area contributed by atoms with Gasteiger partial charge in [0.05, 0.1) is 12.2 Å². The molecule has 2 aromatic carbocycles. The van der Waals surface area contributed by atoms with Crippen LogP contribution in [0, 0.1) is 0 Å². The highest BCUT2D eigenvalue weighted by Crippen LogP contribution is 2.35. The summed E-state index contributed by atoms with van der Waals surface area (Å²) in [5.41, 5.74) is 1.68. The predicted molar refractivity (Wildman–Crippen MR) is 99.4 cm³/mol. The van der Waals surface area contributed by atoms with E-state index in [2.05, 4.69) is 5.32 Å². The average Bonchev–Trinajstić information content (AvgIpc) is 2.56. The van der Waals surface area contributed by atoms with Crippen molar-refractivity contribution in [2.75, 3.05) is 16.8 Å². The van der Waals surface area contributed by atoms with Gasteiger partial charge in [-0.15, -0.1) is 0 Å². The second kappa shape index (κ2) is 7.07. The maximum atomic E-state index is 12.3. The molecule has 6 heteroatoms. The van der Waals surface area contributed by atoms with E-state index >= 15 is 0 Å². The molecule has 6 nitrogen and oxygen atoms in total. The van der Waals surface area contributed by atoms with E-state index in [1.165, 1.54) is 0 Å². The van der Waals surface area contributed by atoms with Crippen LogP contribution in [0.1, 0.15) is 26.3 Å². The molecule has 0 fully saturated rings. The zero-order valence-corrected chi connectivity index (χ0v) is 15.1. The Morgan fingerprint density at radius 1 is 1.19 bits per heavy atom. The zero-order chi connectivity index (χ0) is 18.7. The van der Waals surface area contributed by atoms with Crippen molar-refractivity contribution in [3.63, 3.8) is 0 Å². The molecule has 0 radical (unpaired) electrons. The minimum Gasteiger partial charge on any atom is -0.481 e. The van der Waals surface area contributed by atoms with Crippen LogP contribution in [0.15, 0.2) is 48.5 Å². The van der Waals surface area contributed by atoms with Gasteiger partial charge >= 0.3 is 6.09 Å². The van der Waals surface area contributed by atoms with Crippen LogP contribution in [-0.4, -0.2) is 24.2 Å². The monoisotopic (exact) mass is 354 g/mol. The summed E-state index contributed by atoms with van der Waals surface area (Å²) in [5.74, 6) is 0.447. The predicted octanol–water partition coefficient (Wildman–Crippen LogP) is 3.96.